The van der Waals surface area contributed by atoms with Crippen LogP contribution < -0.4 is 16.4 Å². The monoisotopic (exact) mass is 510 g/mol. The Morgan fingerprint density at radius 2 is 1.83 bits per heavy atom. The van der Waals surface area contributed by atoms with Crippen molar-refractivity contribution >= 4 is 29.5 Å². The Kier molecular flexibility index (Phi) is 9.19. The Morgan fingerprint density at radius 1 is 1.23 bits per heavy atom. The molecular weight excluding hydrogens is 472 g/mol. The summed E-state index contributed by atoms with van der Waals surface area (Å²) in [6, 6.07) is 5.83. The number of ether oxygens (including phenoxy) is 1. The second-order valence-electron chi connectivity index (χ2n) is 10.7. The number of rotatable bonds is 8. The molecule has 0 radical (unpaired) electrons. The molecule has 0 aliphatic carbocycles. The SMILES string of the molecule is CC(C)C(NC(=O)NCC(C)(C)OC(=O)CN)C(=O)N1CCC(O)(c2ccc(Cl)cc2)C(C)(C)C1. The summed E-state index contributed by atoms with van der Waals surface area (Å²) in [5.41, 5.74) is 3.32. The molecule has 0 bridgehead atoms. The van der Waals surface area contributed by atoms with E-state index in [0.717, 1.165) is 5.56 Å². The molecule has 1 aliphatic rings. The summed E-state index contributed by atoms with van der Waals surface area (Å²) in [5, 5.41) is 17.6. The van der Waals surface area contributed by atoms with Gasteiger partial charge in [0.25, 0.3) is 0 Å². The van der Waals surface area contributed by atoms with Crippen LogP contribution in [0, 0.1) is 11.3 Å². The van der Waals surface area contributed by atoms with Crippen LogP contribution in [-0.2, 0) is 19.9 Å². The number of nitrogens with zero attached hydrogens (tertiary/aromatic N) is 1. The molecule has 1 heterocycles. The number of carbonyl (C=O) groups excluding carboxylic acids is 3. The van der Waals surface area contributed by atoms with Gasteiger partial charge in [-0.05, 0) is 43.9 Å². The fourth-order valence-electron chi connectivity index (χ4n) is 4.35. The molecule has 1 aliphatic heterocycles. The number of hydrogen-bond donors (Lipinski definition) is 4. The number of aliphatic hydroxyl groups is 1. The number of piperidine rings is 1. The molecule has 196 valence electrons. The van der Waals surface area contributed by atoms with Gasteiger partial charge in [-0.1, -0.05) is 51.4 Å². The van der Waals surface area contributed by atoms with E-state index in [1.165, 1.54) is 0 Å². The number of carbonyl (C=O) groups is 3. The van der Waals surface area contributed by atoms with E-state index in [9.17, 15) is 19.5 Å². The van der Waals surface area contributed by atoms with Crippen molar-refractivity contribution in [2.45, 2.75) is 65.2 Å². The van der Waals surface area contributed by atoms with E-state index >= 15 is 0 Å². The van der Waals surface area contributed by atoms with Crippen LogP contribution in [0.25, 0.3) is 0 Å². The van der Waals surface area contributed by atoms with Crippen LogP contribution in [0.3, 0.4) is 0 Å². The highest BCUT2D eigenvalue weighted by molar-refractivity contribution is 6.30. The van der Waals surface area contributed by atoms with Gasteiger partial charge in [-0.15, -0.1) is 0 Å². The van der Waals surface area contributed by atoms with Gasteiger partial charge >= 0.3 is 12.0 Å². The number of esters is 1. The molecular formula is C25H39ClN4O5. The quantitative estimate of drug-likeness (QED) is 0.397. The van der Waals surface area contributed by atoms with Gasteiger partial charge in [-0.25, -0.2) is 4.79 Å². The summed E-state index contributed by atoms with van der Waals surface area (Å²) >= 11 is 6.01. The second kappa shape index (κ2) is 11.1. The first kappa shape index (κ1) is 28.9. The van der Waals surface area contributed by atoms with Crippen LogP contribution in [0.1, 0.15) is 53.5 Å². The highest BCUT2D eigenvalue weighted by atomic mass is 35.5. The highest BCUT2D eigenvalue weighted by Gasteiger charge is 2.50. The maximum atomic E-state index is 13.4. The fourth-order valence-corrected chi connectivity index (χ4v) is 4.48. The first-order chi connectivity index (χ1) is 16.1. The topological polar surface area (TPSA) is 134 Å². The third-order valence-corrected chi connectivity index (χ3v) is 6.79. The lowest BCUT2D eigenvalue weighted by Crippen LogP contribution is -2.61. The average molecular weight is 511 g/mol. The van der Waals surface area contributed by atoms with Crippen LogP contribution >= 0.6 is 11.6 Å². The summed E-state index contributed by atoms with van der Waals surface area (Å²) < 4.78 is 5.21. The predicted octanol–water partition coefficient (Wildman–Crippen LogP) is 2.39. The van der Waals surface area contributed by atoms with Crippen molar-refractivity contribution < 1.29 is 24.2 Å². The largest absolute Gasteiger partial charge is 0.457 e. The molecule has 9 nitrogen and oxygen atoms in total. The van der Waals surface area contributed by atoms with Gasteiger partial charge in [-0.3, -0.25) is 9.59 Å². The molecule has 5 N–H and O–H groups in total. The average Bonchev–Trinajstić information content (AvgIpc) is 2.77. The molecule has 0 spiro atoms. The fraction of sp³-hybridized carbons (Fsp3) is 0.640. The first-order valence-electron chi connectivity index (χ1n) is 11.9. The van der Waals surface area contributed by atoms with E-state index < -0.39 is 34.7 Å². The van der Waals surface area contributed by atoms with Crippen LogP contribution in [0.5, 0.6) is 0 Å². The van der Waals surface area contributed by atoms with Crippen molar-refractivity contribution in [3.63, 3.8) is 0 Å². The predicted molar refractivity (Wildman–Crippen MR) is 135 cm³/mol. The zero-order valence-corrected chi connectivity index (χ0v) is 22.2. The molecule has 0 aromatic heterocycles. The van der Waals surface area contributed by atoms with Gasteiger partial charge in [-0.2, -0.15) is 0 Å². The lowest BCUT2D eigenvalue weighted by Gasteiger charge is -2.51. The summed E-state index contributed by atoms with van der Waals surface area (Å²) in [7, 11) is 0. The van der Waals surface area contributed by atoms with Crippen LogP contribution in [0.15, 0.2) is 24.3 Å². The van der Waals surface area contributed by atoms with Crippen molar-refractivity contribution in [1.82, 2.24) is 15.5 Å². The highest BCUT2D eigenvalue weighted by Crippen LogP contribution is 2.46. The normalized spacial score (nSPS) is 20.8. The number of nitrogens with one attached hydrogen (secondary N) is 2. The Balaban J connectivity index is 2.06. The van der Waals surface area contributed by atoms with Crippen molar-refractivity contribution in [3.8, 4) is 0 Å². The Hall–Kier alpha value is -2.36. The van der Waals surface area contributed by atoms with Crippen molar-refractivity contribution in [3.05, 3.63) is 34.9 Å². The number of likely N-dealkylation sites (tertiary alicyclic amines) is 1. The summed E-state index contributed by atoms with van der Waals surface area (Å²) in [6.07, 6.45) is 0.352. The molecule has 1 aromatic carbocycles. The van der Waals surface area contributed by atoms with Gasteiger partial charge in [0.1, 0.15) is 11.6 Å². The van der Waals surface area contributed by atoms with Gasteiger partial charge in [0.2, 0.25) is 5.91 Å². The van der Waals surface area contributed by atoms with E-state index in [0.29, 0.717) is 24.5 Å². The first-order valence-corrected chi connectivity index (χ1v) is 12.2. The second-order valence-corrected chi connectivity index (χ2v) is 11.2. The number of hydrogen-bond acceptors (Lipinski definition) is 6. The zero-order valence-electron chi connectivity index (χ0n) is 21.5. The standard InChI is InChI=1S/C25H39ClN4O5/c1-16(2)20(29-22(33)28-14-24(5,6)35-19(31)13-27)21(32)30-12-11-25(34,23(3,4)15-30)17-7-9-18(26)10-8-17/h7-10,16,20,34H,11-15,27H2,1-6H3,(H2,28,29,33). The van der Waals surface area contributed by atoms with Crippen molar-refractivity contribution in [2.24, 2.45) is 17.1 Å². The smallest absolute Gasteiger partial charge is 0.320 e. The summed E-state index contributed by atoms with van der Waals surface area (Å²) in [6.45, 7) is 11.3. The molecule has 1 fully saturated rings. The maximum absolute atomic E-state index is 13.4. The number of amides is 3. The minimum Gasteiger partial charge on any atom is -0.457 e. The molecule has 2 unspecified atom stereocenters. The molecule has 0 saturated carbocycles. The number of halogens is 1. The molecule has 1 aromatic rings. The molecule has 2 atom stereocenters. The minimum atomic E-state index is -1.13. The summed E-state index contributed by atoms with van der Waals surface area (Å²) in [5.74, 6) is -0.953. The Bertz CT molecular complexity index is 919. The lowest BCUT2D eigenvalue weighted by atomic mass is 9.66. The number of nitrogens with two attached hydrogens (primary N) is 1. The maximum Gasteiger partial charge on any atom is 0.320 e. The molecule has 1 saturated heterocycles. The van der Waals surface area contributed by atoms with Crippen molar-refractivity contribution in [1.29, 1.82) is 0 Å². The van der Waals surface area contributed by atoms with Crippen LogP contribution in [0.2, 0.25) is 5.02 Å². The molecule has 35 heavy (non-hydrogen) atoms. The van der Waals surface area contributed by atoms with Crippen LogP contribution in [0.4, 0.5) is 4.79 Å². The number of urea groups is 1. The summed E-state index contributed by atoms with van der Waals surface area (Å²) in [4.78, 5) is 39.2. The molecule has 2 rings (SSSR count). The van der Waals surface area contributed by atoms with E-state index in [1.807, 2.05) is 39.8 Å². The van der Waals surface area contributed by atoms with Gasteiger partial charge in [0.05, 0.1) is 18.7 Å². The zero-order chi connectivity index (χ0) is 26.6. The van der Waals surface area contributed by atoms with E-state index in [-0.39, 0.29) is 24.9 Å². The Labute approximate surface area is 212 Å². The minimum absolute atomic E-state index is 0.0500. The van der Waals surface area contributed by atoms with Crippen LogP contribution in [-0.4, -0.2) is 65.7 Å². The number of benzene rings is 1. The van der Waals surface area contributed by atoms with Gasteiger partial charge in [0.15, 0.2) is 0 Å². The Morgan fingerprint density at radius 3 is 2.34 bits per heavy atom. The third-order valence-electron chi connectivity index (χ3n) is 6.53. The van der Waals surface area contributed by atoms with E-state index in [2.05, 4.69) is 10.6 Å². The van der Waals surface area contributed by atoms with Crippen molar-refractivity contribution in [2.75, 3.05) is 26.2 Å². The van der Waals surface area contributed by atoms with Gasteiger partial charge < -0.3 is 31.1 Å². The molecule has 3 amide bonds. The van der Waals surface area contributed by atoms with E-state index in [4.69, 9.17) is 22.1 Å². The third kappa shape index (κ3) is 7.08. The van der Waals surface area contributed by atoms with Gasteiger partial charge in [0, 0.05) is 23.5 Å². The lowest BCUT2D eigenvalue weighted by molar-refractivity contribution is -0.155. The molecule has 10 heteroatoms. The van der Waals surface area contributed by atoms with E-state index in [1.54, 1.807) is 30.9 Å².